The van der Waals surface area contributed by atoms with Crippen molar-refractivity contribution in [1.29, 1.82) is 0 Å². The van der Waals surface area contributed by atoms with Gasteiger partial charge in [0.25, 0.3) is 5.91 Å². The van der Waals surface area contributed by atoms with Crippen LogP contribution in [0.5, 0.6) is 5.75 Å². The average Bonchev–Trinajstić information content (AvgIpc) is 2.55. The number of esters is 1. The first-order valence-electron chi connectivity index (χ1n) is 8.74. The van der Waals surface area contributed by atoms with Crippen molar-refractivity contribution >= 4 is 11.9 Å². The van der Waals surface area contributed by atoms with Crippen molar-refractivity contribution in [3.05, 3.63) is 29.8 Å². The van der Waals surface area contributed by atoms with Gasteiger partial charge < -0.3 is 14.8 Å². The van der Waals surface area contributed by atoms with Gasteiger partial charge in [0.15, 0.2) is 6.10 Å². The molecule has 5 heteroatoms. The molecule has 0 radical (unpaired) electrons. The summed E-state index contributed by atoms with van der Waals surface area (Å²) in [4.78, 5) is 24.3. The second-order valence-corrected chi connectivity index (χ2v) is 6.58. The Balaban J connectivity index is 1.84. The first-order chi connectivity index (χ1) is 11.5. The minimum atomic E-state index is -0.800. The summed E-state index contributed by atoms with van der Waals surface area (Å²) in [6.45, 7) is 5.48. The highest BCUT2D eigenvalue weighted by Gasteiger charge is 2.22. The number of benzene rings is 1. The molecule has 0 bridgehead atoms. The van der Waals surface area contributed by atoms with Crippen LogP contribution in [0.2, 0.25) is 0 Å². The first kappa shape index (κ1) is 18.3. The summed E-state index contributed by atoms with van der Waals surface area (Å²) in [5.41, 5.74) is 0.406. The van der Waals surface area contributed by atoms with Crippen molar-refractivity contribution in [3.63, 3.8) is 0 Å². The zero-order valence-corrected chi connectivity index (χ0v) is 14.7. The molecule has 0 aliphatic heterocycles. The highest BCUT2D eigenvalue weighted by atomic mass is 16.5. The van der Waals surface area contributed by atoms with Crippen molar-refractivity contribution in [2.45, 2.75) is 71.1 Å². The third-order valence-electron chi connectivity index (χ3n) is 4.07. The number of hydrogen-bond donors (Lipinski definition) is 1. The molecule has 0 aromatic heterocycles. The zero-order chi connectivity index (χ0) is 17.5. The Morgan fingerprint density at radius 1 is 1.04 bits per heavy atom. The largest absolute Gasteiger partial charge is 0.491 e. The lowest BCUT2D eigenvalue weighted by molar-refractivity contribution is -0.130. The van der Waals surface area contributed by atoms with Gasteiger partial charge >= 0.3 is 5.97 Å². The number of hydrogen-bond acceptors (Lipinski definition) is 4. The fourth-order valence-electron chi connectivity index (χ4n) is 2.79. The van der Waals surface area contributed by atoms with Crippen molar-refractivity contribution < 1.29 is 19.1 Å². The van der Waals surface area contributed by atoms with Crippen LogP contribution in [0.15, 0.2) is 24.3 Å². The molecule has 0 saturated heterocycles. The number of carbonyl (C=O) groups excluding carboxylic acids is 2. The standard InChI is InChI=1S/C19H27NO4/c1-13(2)23-17-11-9-15(10-12-17)19(22)24-14(3)18(21)20-16-7-5-4-6-8-16/h9-14,16H,4-8H2,1-3H3,(H,20,21). The van der Waals surface area contributed by atoms with E-state index in [4.69, 9.17) is 9.47 Å². The van der Waals surface area contributed by atoms with Crippen LogP contribution in [0.1, 0.15) is 63.2 Å². The molecule has 5 nitrogen and oxygen atoms in total. The monoisotopic (exact) mass is 333 g/mol. The number of nitrogens with one attached hydrogen (secondary N) is 1. The van der Waals surface area contributed by atoms with Crippen molar-refractivity contribution in [3.8, 4) is 5.75 Å². The third kappa shape index (κ3) is 5.55. The number of ether oxygens (including phenoxy) is 2. The zero-order valence-electron chi connectivity index (χ0n) is 14.7. The highest BCUT2D eigenvalue weighted by Crippen LogP contribution is 2.18. The van der Waals surface area contributed by atoms with E-state index in [2.05, 4.69) is 5.32 Å². The molecule has 1 amide bonds. The van der Waals surface area contributed by atoms with Crippen LogP contribution in [-0.2, 0) is 9.53 Å². The Hall–Kier alpha value is -2.04. The average molecular weight is 333 g/mol. The van der Waals surface area contributed by atoms with E-state index < -0.39 is 12.1 Å². The molecule has 1 aromatic rings. The summed E-state index contributed by atoms with van der Waals surface area (Å²) in [5.74, 6) is -0.0305. The number of carbonyl (C=O) groups is 2. The molecule has 1 unspecified atom stereocenters. The fraction of sp³-hybridized carbons (Fsp3) is 0.579. The second kappa shape index (κ2) is 8.71. The van der Waals surface area contributed by atoms with Crippen LogP contribution in [0.3, 0.4) is 0 Å². The van der Waals surface area contributed by atoms with Crippen molar-refractivity contribution in [2.75, 3.05) is 0 Å². The van der Waals surface area contributed by atoms with Crippen LogP contribution < -0.4 is 10.1 Å². The van der Waals surface area contributed by atoms with E-state index in [0.29, 0.717) is 11.3 Å². The summed E-state index contributed by atoms with van der Waals surface area (Å²) in [7, 11) is 0. The molecule has 1 saturated carbocycles. The normalized spacial score (nSPS) is 16.5. The molecule has 1 atom stereocenters. The maximum Gasteiger partial charge on any atom is 0.338 e. The van der Waals surface area contributed by atoms with Crippen LogP contribution >= 0.6 is 0 Å². The highest BCUT2D eigenvalue weighted by molar-refractivity contribution is 5.92. The Morgan fingerprint density at radius 3 is 2.25 bits per heavy atom. The summed E-state index contributed by atoms with van der Waals surface area (Å²) in [6, 6.07) is 6.95. The molecule has 24 heavy (non-hydrogen) atoms. The van der Waals surface area contributed by atoms with Gasteiger partial charge in [-0.1, -0.05) is 19.3 Å². The van der Waals surface area contributed by atoms with Gasteiger partial charge in [-0.05, 0) is 57.9 Å². The van der Waals surface area contributed by atoms with E-state index in [9.17, 15) is 9.59 Å². The van der Waals surface area contributed by atoms with Gasteiger partial charge in [0.2, 0.25) is 0 Å². The Bertz CT molecular complexity index is 547. The van der Waals surface area contributed by atoms with E-state index in [1.54, 1.807) is 31.2 Å². The van der Waals surface area contributed by atoms with Gasteiger partial charge in [-0.15, -0.1) is 0 Å². The smallest absolute Gasteiger partial charge is 0.338 e. The Labute approximate surface area is 143 Å². The van der Waals surface area contributed by atoms with Gasteiger partial charge in [0.1, 0.15) is 5.75 Å². The van der Waals surface area contributed by atoms with E-state index in [0.717, 1.165) is 25.7 Å². The molecule has 1 aliphatic carbocycles. The van der Waals surface area contributed by atoms with E-state index >= 15 is 0 Å². The summed E-state index contributed by atoms with van der Waals surface area (Å²) in [5, 5.41) is 2.97. The molecular weight excluding hydrogens is 306 g/mol. The topological polar surface area (TPSA) is 64.6 Å². The molecule has 1 aromatic carbocycles. The Kier molecular flexibility index (Phi) is 6.64. The first-order valence-corrected chi connectivity index (χ1v) is 8.74. The molecule has 1 N–H and O–H groups in total. The minimum Gasteiger partial charge on any atom is -0.491 e. The number of amides is 1. The summed E-state index contributed by atoms with van der Waals surface area (Å²) >= 11 is 0. The van der Waals surface area contributed by atoms with Gasteiger partial charge in [0.05, 0.1) is 11.7 Å². The van der Waals surface area contributed by atoms with Crippen LogP contribution in [0.4, 0.5) is 0 Å². The lowest BCUT2D eigenvalue weighted by Crippen LogP contribution is -2.42. The summed E-state index contributed by atoms with van der Waals surface area (Å²) < 4.78 is 10.8. The van der Waals surface area contributed by atoms with Gasteiger partial charge in [-0.2, -0.15) is 0 Å². The van der Waals surface area contributed by atoms with Gasteiger partial charge in [-0.3, -0.25) is 4.79 Å². The second-order valence-electron chi connectivity index (χ2n) is 6.58. The van der Waals surface area contributed by atoms with Crippen molar-refractivity contribution in [2.24, 2.45) is 0 Å². The van der Waals surface area contributed by atoms with E-state index in [1.807, 2.05) is 13.8 Å². The Morgan fingerprint density at radius 2 is 1.67 bits per heavy atom. The maximum atomic E-state index is 12.1. The van der Waals surface area contributed by atoms with Crippen molar-refractivity contribution in [1.82, 2.24) is 5.32 Å². The van der Waals surface area contributed by atoms with E-state index in [1.165, 1.54) is 6.42 Å². The molecular formula is C19H27NO4. The SMILES string of the molecule is CC(C)Oc1ccc(C(=O)OC(C)C(=O)NC2CCCCC2)cc1. The van der Waals surface area contributed by atoms with Crippen LogP contribution in [-0.4, -0.2) is 30.1 Å². The van der Waals surface area contributed by atoms with Crippen LogP contribution in [0.25, 0.3) is 0 Å². The molecule has 0 heterocycles. The third-order valence-corrected chi connectivity index (χ3v) is 4.07. The predicted octanol–water partition coefficient (Wildman–Crippen LogP) is 3.47. The molecule has 132 valence electrons. The maximum absolute atomic E-state index is 12.1. The molecule has 0 spiro atoms. The molecule has 2 rings (SSSR count). The van der Waals surface area contributed by atoms with Gasteiger partial charge in [0, 0.05) is 6.04 Å². The van der Waals surface area contributed by atoms with E-state index in [-0.39, 0.29) is 18.1 Å². The minimum absolute atomic E-state index is 0.0753. The quantitative estimate of drug-likeness (QED) is 0.810. The number of rotatable bonds is 6. The molecule has 1 fully saturated rings. The predicted molar refractivity (Wildman–Crippen MR) is 92.1 cm³/mol. The molecule has 1 aliphatic rings. The lowest BCUT2D eigenvalue weighted by Gasteiger charge is -2.24. The fourth-order valence-corrected chi connectivity index (χ4v) is 2.79. The summed E-state index contributed by atoms with van der Waals surface area (Å²) in [6.07, 6.45) is 4.80. The van der Waals surface area contributed by atoms with Crippen LogP contribution in [0, 0.1) is 0 Å². The lowest BCUT2D eigenvalue weighted by atomic mass is 9.95. The van der Waals surface area contributed by atoms with Gasteiger partial charge in [-0.25, -0.2) is 4.79 Å².